The Morgan fingerprint density at radius 2 is 1.81 bits per heavy atom. The van der Waals surface area contributed by atoms with Crippen LogP contribution >= 0.6 is 0 Å². The molecule has 0 fully saturated rings. The molecule has 0 spiro atoms. The largest absolute Gasteiger partial charge is 0.573 e. The Kier molecular flexibility index (Phi) is 4.95. The number of halogens is 6. The number of H-pyrrole nitrogens is 1. The molecule has 162 valence electrons. The van der Waals surface area contributed by atoms with Gasteiger partial charge in [-0.05, 0) is 41.1 Å². The normalized spacial score (nSPS) is 12.3. The Morgan fingerprint density at radius 3 is 2.48 bits per heavy atom. The van der Waals surface area contributed by atoms with E-state index in [2.05, 4.69) is 30.7 Å². The predicted molar refractivity (Wildman–Crippen MR) is 94.8 cm³/mol. The number of ether oxygens (including phenoxy) is 1. The van der Waals surface area contributed by atoms with Crippen molar-refractivity contribution in [1.82, 2.24) is 20.6 Å². The molecule has 2 heterocycles. The van der Waals surface area contributed by atoms with Crippen LogP contribution in [0.15, 0.2) is 46.9 Å². The Labute approximate surface area is 169 Å². The number of tetrazole rings is 1. The van der Waals surface area contributed by atoms with Crippen LogP contribution in [-0.2, 0) is 12.7 Å². The summed E-state index contributed by atoms with van der Waals surface area (Å²) < 4.78 is 85.7. The number of aromatic amines is 1. The van der Waals surface area contributed by atoms with E-state index in [9.17, 15) is 26.3 Å². The molecular formula is C18H11F6N5O2. The number of hydrogen-bond donors (Lipinski definition) is 2. The number of benzene rings is 2. The number of furan rings is 1. The van der Waals surface area contributed by atoms with Crippen molar-refractivity contribution in [2.45, 2.75) is 19.1 Å². The van der Waals surface area contributed by atoms with Crippen LogP contribution < -0.4 is 10.1 Å². The third-order valence-corrected chi connectivity index (χ3v) is 4.16. The number of alkyl halides is 6. The van der Waals surface area contributed by atoms with E-state index in [1.54, 1.807) is 24.3 Å². The van der Waals surface area contributed by atoms with Gasteiger partial charge in [0, 0.05) is 17.6 Å². The number of hydrogen-bond acceptors (Lipinski definition) is 6. The first kappa shape index (κ1) is 20.5. The number of nitrogens with zero attached hydrogens (tertiary/aromatic N) is 3. The van der Waals surface area contributed by atoms with Gasteiger partial charge in [0.1, 0.15) is 11.3 Å². The van der Waals surface area contributed by atoms with Crippen LogP contribution in [0.3, 0.4) is 0 Å². The fraction of sp³-hybridized carbons (Fsp3) is 0.167. The summed E-state index contributed by atoms with van der Waals surface area (Å²) in [5.74, 6) is -0.683. The van der Waals surface area contributed by atoms with Gasteiger partial charge in [0.15, 0.2) is 5.76 Å². The first-order valence-corrected chi connectivity index (χ1v) is 8.56. The van der Waals surface area contributed by atoms with Crippen LogP contribution in [-0.4, -0.2) is 27.0 Å². The standard InChI is InChI=1S/C18H11F6N5O2/c19-17(20,21)12-7-11(3-4-13(12)31-18(22,23)24)25-8-9-1-2-10-6-15(30-14(10)5-9)16-26-28-29-27-16/h1-7,25H,8H2,(H,26,27,28,29). The predicted octanol–water partition coefficient (Wildman–Crippen LogP) is 5.14. The fourth-order valence-corrected chi connectivity index (χ4v) is 2.84. The molecule has 7 nitrogen and oxygen atoms in total. The Bertz CT molecular complexity index is 1200. The van der Waals surface area contributed by atoms with Gasteiger partial charge in [-0.25, -0.2) is 0 Å². The number of aromatic nitrogens is 4. The molecule has 0 saturated carbocycles. The molecule has 4 rings (SSSR count). The van der Waals surface area contributed by atoms with E-state index in [0.29, 0.717) is 29.0 Å². The lowest BCUT2D eigenvalue weighted by Gasteiger charge is -2.17. The van der Waals surface area contributed by atoms with Crippen molar-refractivity contribution in [2.75, 3.05) is 5.32 Å². The van der Waals surface area contributed by atoms with Crippen molar-refractivity contribution < 1.29 is 35.5 Å². The van der Waals surface area contributed by atoms with Crippen molar-refractivity contribution in [3.63, 3.8) is 0 Å². The molecule has 0 aliphatic rings. The minimum absolute atomic E-state index is 0.0334. The van der Waals surface area contributed by atoms with Crippen molar-refractivity contribution in [3.8, 4) is 17.3 Å². The average molecular weight is 443 g/mol. The van der Waals surface area contributed by atoms with Crippen molar-refractivity contribution in [1.29, 1.82) is 0 Å². The minimum atomic E-state index is -5.24. The summed E-state index contributed by atoms with van der Waals surface area (Å²) in [6, 6.07) is 9.06. The molecular weight excluding hydrogens is 432 g/mol. The zero-order valence-electron chi connectivity index (χ0n) is 15.2. The van der Waals surface area contributed by atoms with Gasteiger partial charge in [-0.3, -0.25) is 0 Å². The molecule has 2 aromatic carbocycles. The quantitative estimate of drug-likeness (QED) is 0.415. The third kappa shape index (κ3) is 4.70. The van der Waals surface area contributed by atoms with Crippen LogP contribution in [0, 0.1) is 0 Å². The summed E-state index contributed by atoms with van der Waals surface area (Å²) >= 11 is 0. The highest BCUT2D eigenvalue weighted by Gasteiger charge is 2.39. The molecule has 0 aliphatic heterocycles. The molecule has 31 heavy (non-hydrogen) atoms. The summed E-state index contributed by atoms with van der Waals surface area (Å²) in [7, 11) is 0. The summed E-state index contributed by atoms with van der Waals surface area (Å²) in [6.45, 7) is 0.0882. The Balaban J connectivity index is 1.53. The highest BCUT2D eigenvalue weighted by molar-refractivity contribution is 5.82. The van der Waals surface area contributed by atoms with Gasteiger partial charge in [0.2, 0.25) is 5.82 Å². The van der Waals surface area contributed by atoms with E-state index in [0.717, 1.165) is 11.5 Å². The summed E-state index contributed by atoms with van der Waals surface area (Å²) in [5, 5.41) is 16.9. The molecule has 4 aromatic rings. The van der Waals surface area contributed by atoms with E-state index in [4.69, 9.17) is 4.42 Å². The van der Waals surface area contributed by atoms with Gasteiger partial charge in [0.25, 0.3) is 0 Å². The molecule has 0 amide bonds. The minimum Gasteiger partial charge on any atom is -0.453 e. The molecule has 0 aliphatic carbocycles. The average Bonchev–Trinajstić information content (AvgIpc) is 3.34. The van der Waals surface area contributed by atoms with Gasteiger partial charge in [-0.2, -0.15) is 18.4 Å². The second-order valence-corrected chi connectivity index (χ2v) is 6.33. The maximum Gasteiger partial charge on any atom is 0.573 e. The lowest BCUT2D eigenvalue weighted by atomic mass is 10.1. The molecule has 0 atom stereocenters. The molecule has 0 bridgehead atoms. The molecule has 0 saturated heterocycles. The molecule has 0 radical (unpaired) electrons. The number of fused-ring (bicyclic) bond motifs is 1. The Morgan fingerprint density at radius 1 is 1.00 bits per heavy atom. The van der Waals surface area contributed by atoms with Crippen molar-refractivity contribution in [2.24, 2.45) is 0 Å². The maximum atomic E-state index is 13.2. The van der Waals surface area contributed by atoms with Gasteiger partial charge in [-0.1, -0.05) is 12.1 Å². The summed E-state index contributed by atoms with van der Waals surface area (Å²) in [6.07, 6.45) is -10.3. The zero-order valence-corrected chi connectivity index (χ0v) is 15.2. The maximum absolute atomic E-state index is 13.2. The lowest BCUT2D eigenvalue weighted by molar-refractivity contribution is -0.276. The van der Waals surface area contributed by atoms with E-state index >= 15 is 0 Å². The van der Waals surface area contributed by atoms with Crippen molar-refractivity contribution >= 4 is 16.7 Å². The molecule has 2 N–H and O–H groups in total. The number of rotatable bonds is 5. The first-order chi connectivity index (χ1) is 14.6. The number of nitrogens with one attached hydrogen (secondary N) is 2. The zero-order chi connectivity index (χ0) is 22.2. The summed E-state index contributed by atoms with van der Waals surface area (Å²) in [5.41, 5.74) is -0.426. The second-order valence-electron chi connectivity index (χ2n) is 6.33. The van der Waals surface area contributed by atoms with Crippen LogP contribution in [0.4, 0.5) is 32.0 Å². The van der Waals surface area contributed by atoms with Gasteiger partial charge in [0.05, 0.1) is 5.56 Å². The van der Waals surface area contributed by atoms with Crippen molar-refractivity contribution in [3.05, 3.63) is 53.6 Å². The van der Waals surface area contributed by atoms with Crippen LogP contribution in [0.25, 0.3) is 22.6 Å². The van der Waals surface area contributed by atoms with E-state index in [-0.39, 0.29) is 18.1 Å². The lowest BCUT2D eigenvalue weighted by Crippen LogP contribution is -2.20. The van der Waals surface area contributed by atoms with Gasteiger partial charge in [-0.15, -0.1) is 23.4 Å². The molecule has 13 heteroatoms. The molecule has 0 unspecified atom stereocenters. The van der Waals surface area contributed by atoms with E-state index < -0.39 is 23.9 Å². The first-order valence-electron chi connectivity index (χ1n) is 8.56. The van der Waals surface area contributed by atoms with E-state index in [1.807, 2.05) is 0 Å². The molecule has 2 aromatic heterocycles. The second kappa shape index (κ2) is 7.49. The van der Waals surface area contributed by atoms with Gasteiger partial charge >= 0.3 is 12.5 Å². The van der Waals surface area contributed by atoms with Crippen LogP contribution in [0.2, 0.25) is 0 Å². The topological polar surface area (TPSA) is 88.9 Å². The van der Waals surface area contributed by atoms with E-state index in [1.165, 1.54) is 0 Å². The Hall–Kier alpha value is -3.77. The SMILES string of the molecule is FC(F)(F)Oc1ccc(NCc2ccc3cc(-c4nn[nH]n4)oc3c2)cc1C(F)(F)F. The smallest absolute Gasteiger partial charge is 0.453 e. The highest BCUT2D eigenvalue weighted by Crippen LogP contribution is 2.40. The third-order valence-electron chi connectivity index (χ3n) is 4.16. The van der Waals surface area contributed by atoms with Crippen LogP contribution in [0.1, 0.15) is 11.1 Å². The monoisotopic (exact) mass is 443 g/mol. The van der Waals surface area contributed by atoms with Gasteiger partial charge < -0.3 is 14.5 Å². The highest BCUT2D eigenvalue weighted by atomic mass is 19.4. The number of anilines is 1. The fourth-order valence-electron chi connectivity index (χ4n) is 2.84. The van der Waals surface area contributed by atoms with Crippen LogP contribution in [0.5, 0.6) is 5.75 Å². The summed E-state index contributed by atoms with van der Waals surface area (Å²) in [4.78, 5) is 0.